The summed E-state index contributed by atoms with van der Waals surface area (Å²) in [6.45, 7) is 0. The van der Waals surface area contributed by atoms with E-state index in [2.05, 4.69) is 0 Å². The van der Waals surface area contributed by atoms with Crippen molar-refractivity contribution in [2.24, 2.45) is 0 Å². The Morgan fingerprint density at radius 1 is 0.742 bits per heavy atom. The van der Waals surface area contributed by atoms with E-state index < -0.39 is 5.97 Å². The topological polar surface area (TPSA) is 71.1 Å². The van der Waals surface area contributed by atoms with Crippen molar-refractivity contribution >= 4 is 17.8 Å². The van der Waals surface area contributed by atoms with Crippen molar-refractivity contribution in [1.82, 2.24) is 0 Å². The van der Waals surface area contributed by atoms with Crippen molar-refractivity contribution in [3.8, 4) is 23.0 Å². The minimum atomic E-state index is -0.485. The first kappa shape index (κ1) is 21.6. The van der Waals surface area contributed by atoms with Gasteiger partial charge in [-0.1, -0.05) is 18.2 Å². The maximum Gasteiger partial charge on any atom is 0.343 e. The molecule has 0 saturated carbocycles. The van der Waals surface area contributed by atoms with E-state index in [1.165, 1.54) is 20.3 Å². The van der Waals surface area contributed by atoms with E-state index in [1.807, 2.05) is 0 Å². The third kappa shape index (κ3) is 5.51. The predicted molar refractivity (Wildman–Crippen MR) is 117 cm³/mol. The molecule has 0 fully saturated rings. The first-order chi connectivity index (χ1) is 15.0. The van der Waals surface area contributed by atoms with Crippen LogP contribution in [-0.4, -0.2) is 33.1 Å². The molecule has 0 aromatic heterocycles. The number of allylic oxidation sites excluding steroid dienone is 1. The van der Waals surface area contributed by atoms with Crippen molar-refractivity contribution < 1.29 is 28.5 Å². The minimum absolute atomic E-state index is 0.239. The normalized spacial score (nSPS) is 10.5. The van der Waals surface area contributed by atoms with Gasteiger partial charge in [0.1, 0.15) is 23.0 Å². The summed E-state index contributed by atoms with van der Waals surface area (Å²) in [4.78, 5) is 25.0. The van der Waals surface area contributed by atoms with Crippen molar-refractivity contribution in [2.75, 3.05) is 21.3 Å². The average Bonchev–Trinajstić information content (AvgIpc) is 2.82. The summed E-state index contributed by atoms with van der Waals surface area (Å²) in [6, 6.07) is 18.6. The zero-order valence-corrected chi connectivity index (χ0v) is 17.5. The molecule has 0 radical (unpaired) electrons. The van der Waals surface area contributed by atoms with E-state index >= 15 is 0 Å². The van der Waals surface area contributed by atoms with Crippen LogP contribution in [0.25, 0.3) is 6.08 Å². The number of carbonyl (C=O) groups excluding carboxylic acids is 2. The molecule has 0 N–H and O–H groups in total. The Morgan fingerprint density at radius 3 is 2.13 bits per heavy atom. The Kier molecular flexibility index (Phi) is 7.06. The summed E-state index contributed by atoms with van der Waals surface area (Å²) in [5.74, 6) is 1.32. The van der Waals surface area contributed by atoms with Crippen molar-refractivity contribution in [1.29, 1.82) is 0 Å². The molecule has 0 amide bonds. The van der Waals surface area contributed by atoms with Gasteiger partial charge in [-0.3, -0.25) is 4.79 Å². The maximum absolute atomic E-state index is 12.6. The Balaban J connectivity index is 1.73. The van der Waals surface area contributed by atoms with Crippen LogP contribution in [0.15, 0.2) is 72.8 Å². The number of ketones is 1. The molecule has 0 bridgehead atoms. The second kappa shape index (κ2) is 10.1. The maximum atomic E-state index is 12.6. The minimum Gasteiger partial charge on any atom is -0.497 e. The summed E-state index contributed by atoms with van der Waals surface area (Å²) in [5.41, 5.74) is 1.50. The van der Waals surface area contributed by atoms with Crippen molar-refractivity contribution in [3.05, 3.63) is 89.5 Å². The van der Waals surface area contributed by atoms with Crippen LogP contribution in [0.2, 0.25) is 0 Å². The summed E-state index contributed by atoms with van der Waals surface area (Å²) >= 11 is 0. The molecule has 3 aromatic rings. The van der Waals surface area contributed by atoms with Gasteiger partial charge in [-0.15, -0.1) is 0 Å². The lowest BCUT2D eigenvalue weighted by molar-refractivity contribution is 0.0734. The van der Waals surface area contributed by atoms with Crippen molar-refractivity contribution in [3.63, 3.8) is 0 Å². The fourth-order valence-corrected chi connectivity index (χ4v) is 2.84. The van der Waals surface area contributed by atoms with Gasteiger partial charge in [0, 0.05) is 0 Å². The largest absolute Gasteiger partial charge is 0.497 e. The molecular weight excluding hydrogens is 396 g/mol. The molecule has 0 heterocycles. The zero-order chi connectivity index (χ0) is 22.2. The highest BCUT2D eigenvalue weighted by atomic mass is 16.5. The second-order valence-corrected chi connectivity index (χ2v) is 6.45. The monoisotopic (exact) mass is 418 g/mol. The average molecular weight is 418 g/mol. The molecule has 0 saturated heterocycles. The van der Waals surface area contributed by atoms with Gasteiger partial charge in [0.15, 0.2) is 5.78 Å². The van der Waals surface area contributed by atoms with Gasteiger partial charge in [0.25, 0.3) is 0 Å². The molecule has 0 atom stereocenters. The molecule has 6 heteroatoms. The van der Waals surface area contributed by atoms with E-state index in [1.54, 1.807) is 79.9 Å². The molecule has 0 aliphatic heterocycles. The predicted octanol–water partition coefficient (Wildman–Crippen LogP) is 4.83. The number of benzene rings is 3. The van der Waals surface area contributed by atoms with Crippen LogP contribution in [0.1, 0.15) is 26.3 Å². The van der Waals surface area contributed by atoms with Crippen LogP contribution >= 0.6 is 0 Å². The molecule has 0 aliphatic rings. The molecule has 6 nitrogen and oxygen atoms in total. The molecule has 0 spiro atoms. The van der Waals surface area contributed by atoms with E-state index in [0.29, 0.717) is 39.7 Å². The van der Waals surface area contributed by atoms with E-state index in [-0.39, 0.29) is 5.78 Å². The molecule has 3 rings (SSSR count). The van der Waals surface area contributed by atoms with Gasteiger partial charge in [0.05, 0.1) is 32.5 Å². The number of hydrogen-bond donors (Lipinski definition) is 0. The highest BCUT2D eigenvalue weighted by Gasteiger charge is 2.12. The molecule has 31 heavy (non-hydrogen) atoms. The lowest BCUT2D eigenvalue weighted by Gasteiger charge is -2.08. The van der Waals surface area contributed by atoms with Crippen molar-refractivity contribution in [2.45, 2.75) is 0 Å². The zero-order valence-electron chi connectivity index (χ0n) is 17.5. The number of esters is 1. The van der Waals surface area contributed by atoms with Gasteiger partial charge in [-0.25, -0.2) is 4.79 Å². The van der Waals surface area contributed by atoms with E-state index in [0.717, 1.165) is 0 Å². The van der Waals surface area contributed by atoms with Gasteiger partial charge < -0.3 is 18.9 Å². The highest BCUT2D eigenvalue weighted by Crippen LogP contribution is 2.25. The Labute approximate surface area is 180 Å². The van der Waals surface area contributed by atoms with Gasteiger partial charge in [-0.05, 0) is 66.2 Å². The molecule has 158 valence electrons. The lowest BCUT2D eigenvalue weighted by Crippen LogP contribution is -2.08. The molecular formula is C25H22O6. The summed E-state index contributed by atoms with van der Waals surface area (Å²) in [6.07, 6.45) is 3.08. The third-order valence-corrected chi connectivity index (χ3v) is 4.49. The van der Waals surface area contributed by atoms with Crippen LogP contribution in [0.4, 0.5) is 0 Å². The van der Waals surface area contributed by atoms with Crippen LogP contribution < -0.4 is 18.9 Å². The SMILES string of the molecule is COc1ccc(C(=O)Oc2cccc(/C=C/C(=O)c3cc(OC)ccc3OC)c2)cc1. The Bertz CT molecular complexity index is 1100. The molecule has 0 aliphatic carbocycles. The van der Waals surface area contributed by atoms with E-state index in [9.17, 15) is 9.59 Å². The molecule has 0 unspecified atom stereocenters. The fraction of sp³-hybridized carbons (Fsp3) is 0.120. The van der Waals surface area contributed by atoms with E-state index in [4.69, 9.17) is 18.9 Å². The Hall–Kier alpha value is -4.06. The van der Waals surface area contributed by atoms with Crippen LogP contribution in [0.5, 0.6) is 23.0 Å². The van der Waals surface area contributed by atoms with Gasteiger partial charge in [-0.2, -0.15) is 0 Å². The Morgan fingerprint density at radius 2 is 1.45 bits per heavy atom. The van der Waals surface area contributed by atoms with Gasteiger partial charge >= 0.3 is 5.97 Å². The fourth-order valence-electron chi connectivity index (χ4n) is 2.84. The summed E-state index contributed by atoms with van der Waals surface area (Å²) in [7, 11) is 4.59. The number of rotatable bonds is 8. The van der Waals surface area contributed by atoms with Crippen LogP contribution in [0, 0.1) is 0 Å². The standard InChI is InChI=1S/C25H22O6/c1-28-19-10-8-18(9-11-19)25(27)31-21-6-4-5-17(15-21)7-13-23(26)22-16-20(29-2)12-14-24(22)30-3/h4-16H,1-3H3/b13-7+. The number of methoxy groups -OCH3 is 3. The number of hydrogen-bond acceptors (Lipinski definition) is 6. The smallest absolute Gasteiger partial charge is 0.343 e. The van der Waals surface area contributed by atoms with Crippen LogP contribution in [-0.2, 0) is 0 Å². The molecule has 3 aromatic carbocycles. The van der Waals surface area contributed by atoms with Crippen LogP contribution in [0.3, 0.4) is 0 Å². The number of carbonyl (C=O) groups is 2. The quantitative estimate of drug-likeness (QED) is 0.226. The highest BCUT2D eigenvalue weighted by molar-refractivity contribution is 6.09. The number of ether oxygens (including phenoxy) is 4. The first-order valence-electron chi connectivity index (χ1n) is 9.45. The summed E-state index contributed by atoms with van der Waals surface area (Å²) < 4.78 is 21.0. The lowest BCUT2D eigenvalue weighted by atomic mass is 10.1. The summed E-state index contributed by atoms with van der Waals surface area (Å²) in [5, 5.41) is 0. The van der Waals surface area contributed by atoms with Gasteiger partial charge in [0.2, 0.25) is 0 Å². The first-order valence-corrected chi connectivity index (χ1v) is 9.45. The second-order valence-electron chi connectivity index (χ2n) is 6.45. The third-order valence-electron chi connectivity index (χ3n) is 4.49.